The van der Waals surface area contributed by atoms with Crippen molar-refractivity contribution in [3.63, 3.8) is 0 Å². The van der Waals surface area contributed by atoms with Crippen LogP contribution in [0.25, 0.3) is 0 Å². The molecule has 0 aromatic heterocycles. The first-order chi connectivity index (χ1) is 6.63. The molecule has 0 radical (unpaired) electrons. The summed E-state index contributed by atoms with van der Waals surface area (Å²) in [6, 6.07) is -1.27. The maximum atomic E-state index is 10.9. The van der Waals surface area contributed by atoms with E-state index in [1.807, 2.05) is 6.92 Å². The number of nitrogens with one attached hydrogen (secondary N) is 1. The average molecular weight is 203 g/mol. The number of carbonyl (C=O) groups excluding carboxylic acids is 1. The van der Waals surface area contributed by atoms with Crippen LogP contribution in [0.15, 0.2) is 0 Å². The highest BCUT2D eigenvalue weighted by molar-refractivity contribution is 6.02. The first-order valence-corrected chi connectivity index (χ1v) is 4.73. The molecule has 0 aromatic carbocycles. The van der Waals surface area contributed by atoms with Crippen molar-refractivity contribution in [2.45, 2.75) is 32.2 Å². The van der Waals surface area contributed by atoms with Gasteiger partial charge in [-0.3, -0.25) is 14.9 Å². The van der Waals surface area contributed by atoms with Gasteiger partial charge in [-0.05, 0) is 13.0 Å². The Bertz CT molecular complexity index is 193. The first-order valence-electron chi connectivity index (χ1n) is 4.73. The summed E-state index contributed by atoms with van der Waals surface area (Å²) in [5.74, 6) is -1.94. The molecule has 0 heterocycles. The van der Waals surface area contributed by atoms with Crippen molar-refractivity contribution in [3.8, 4) is 0 Å². The average Bonchev–Trinajstić information content (AvgIpc) is 2.16. The number of hydrogen-bond donors (Lipinski definition) is 3. The molecular weight excluding hydrogens is 186 g/mol. The van der Waals surface area contributed by atoms with Gasteiger partial charge in [-0.2, -0.15) is 0 Å². The highest BCUT2D eigenvalue weighted by atomic mass is 16.4. The van der Waals surface area contributed by atoms with Crippen LogP contribution in [-0.4, -0.2) is 41.2 Å². The number of Topliss-reactive ketones (excluding diaryl/α,β-unsaturated/α-hetero) is 1. The predicted octanol–water partition coefficient (Wildman–Crippen LogP) is -0.219. The molecule has 0 fully saturated rings. The monoisotopic (exact) mass is 203 g/mol. The third kappa shape index (κ3) is 4.94. The lowest BCUT2D eigenvalue weighted by atomic mass is 10.2. The van der Waals surface area contributed by atoms with Gasteiger partial charge in [0.25, 0.3) is 0 Å². The van der Waals surface area contributed by atoms with E-state index in [9.17, 15) is 9.59 Å². The van der Waals surface area contributed by atoms with Crippen molar-refractivity contribution in [2.75, 3.05) is 13.2 Å². The number of aliphatic carboxylic acids is 1. The zero-order chi connectivity index (χ0) is 11.0. The van der Waals surface area contributed by atoms with Crippen molar-refractivity contribution in [1.82, 2.24) is 5.32 Å². The van der Waals surface area contributed by atoms with Crippen molar-refractivity contribution in [1.29, 1.82) is 0 Å². The van der Waals surface area contributed by atoms with Crippen LogP contribution >= 0.6 is 0 Å². The number of aliphatic hydroxyl groups excluding tert-OH is 1. The van der Waals surface area contributed by atoms with Crippen LogP contribution in [0.4, 0.5) is 0 Å². The number of carbonyl (C=O) groups is 2. The smallest absolute Gasteiger partial charge is 0.328 e. The molecular formula is C9H17NO4. The second kappa shape index (κ2) is 7.46. The molecule has 5 heteroatoms. The second-order valence-electron chi connectivity index (χ2n) is 3.06. The maximum absolute atomic E-state index is 10.9. The zero-order valence-corrected chi connectivity index (χ0v) is 8.32. The summed E-state index contributed by atoms with van der Waals surface area (Å²) in [6.07, 6.45) is 2.86. The van der Waals surface area contributed by atoms with E-state index in [2.05, 4.69) is 5.32 Å². The Morgan fingerprint density at radius 2 is 2.00 bits per heavy atom. The third-order valence-corrected chi connectivity index (χ3v) is 1.85. The topological polar surface area (TPSA) is 86.6 Å². The van der Waals surface area contributed by atoms with Crippen molar-refractivity contribution in [3.05, 3.63) is 0 Å². The summed E-state index contributed by atoms with van der Waals surface area (Å²) in [6.45, 7) is 1.78. The molecule has 0 aliphatic heterocycles. The molecule has 3 N–H and O–H groups in total. The third-order valence-electron chi connectivity index (χ3n) is 1.85. The standard InChI is InChI=1S/C9H17NO4/c1-2-3-4-5-10-8(9(13)14)7(12)6-11/h8,10-11H,2-6H2,1H3,(H,13,14)/t8-/m0/s1. The van der Waals surface area contributed by atoms with E-state index in [0.29, 0.717) is 6.54 Å². The molecule has 0 saturated heterocycles. The Balaban J connectivity index is 3.86. The number of carboxylic acids is 1. The Morgan fingerprint density at radius 3 is 2.43 bits per heavy atom. The van der Waals surface area contributed by atoms with Crippen LogP contribution in [0.3, 0.4) is 0 Å². The van der Waals surface area contributed by atoms with Crippen LogP contribution in [-0.2, 0) is 9.59 Å². The summed E-state index contributed by atoms with van der Waals surface area (Å²) >= 11 is 0. The largest absolute Gasteiger partial charge is 0.480 e. The van der Waals surface area contributed by atoms with Gasteiger partial charge < -0.3 is 10.2 Å². The van der Waals surface area contributed by atoms with E-state index in [4.69, 9.17) is 10.2 Å². The van der Waals surface area contributed by atoms with Gasteiger partial charge in [-0.25, -0.2) is 0 Å². The summed E-state index contributed by atoms with van der Waals surface area (Å²) in [5, 5.41) is 19.7. The Kier molecular flexibility index (Phi) is 6.96. The number of aliphatic hydroxyl groups is 1. The van der Waals surface area contributed by atoms with Crippen molar-refractivity contribution >= 4 is 11.8 Å². The quantitative estimate of drug-likeness (QED) is 0.375. The first kappa shape index (κ1) is 13.1. The zero-order valence-electron chi connectivity index (χ0n) is 8.32. The lowest BCUT2D eigenvalue weighted by molar-refractivity contribution is -0.144. The Hall–Kier alpha value is -0.940. The second-order valence-corrected chi connectivity index (χ2v) is 3.06. The molecule has 82 valence electrons. The Morgan fingerprint density at radius 1 is 1.36 bits per heavy atom. The summed E-state index contributed by atoms with van der Waals surface area (Å²) in [4.78, 5) is 21.5. The lowest BCUT2D eigenvalue weighted by Crippen LogP contribution is -2.45. The van der Waals surface area contributed by atoms with E-state index in [1.54, 1.807) is 0 Å². The number of unbranched alkanes of at least 4 members (excludes halogenated alkanes) is 2. The van der Waals surface area contributed by atoms with E-state index in [0.717, 1.165) is 19.3 Å². The van der Waals surface area contributed by atoms with Crippen LogP contribution in [0.2, 0.25) is 0 Å². The fourth-order valence-electron chi connectivity index (χ4n) is 1.05. The fourth-order valence-corrected chi connectivity index (χ4v) is 1.05. The fraction of sp³-hybridized carbons (Fsp3) is 0.778. The van der Waals surface area contributed by atoms with E-state index >= 15 is 0 Å². The van der Waals surface area contributed by atoms with Gasteiger partial charge in [0.05, 0.1) is 0 Å². The van der Waals surface area contributed by atoms with Gasteiger partial charge >= 0.3 is 5.97 Å². The SMILES string of the molecule is CCCCCN[C@H](C(=O)O)C(=O)CO. The summed E-state index contributed by atoms with van der Waals surface area (Å²) in [7, 11) is 0. The van der Waals surface area contributed by atoms with Gasteiger partial charge in [-0.15, -0.1) is 0 Å². The number of carboxylic acid groups (broad SMARTS) is 1. The van der Waals surface area contributed by atoms with Crippen LogP contribution < -0.4 is 5.32 Å². The molecule has 0 aliphatic carbocycles. The minimum atomic E-state index is -1.27. The Labute approximate surface area is 83.1 Å². The number of rotatable bonds is 8. The lowest BCUT2D eigenvalue weighted by Gasteiger charge is -2.11. The highest BCUT2D eigenvalue weighted by Gasteiger charge is 2.23. The van der Waals surface area contributed by atoms with Gasteiger partial charge in [-0.1, -0.05) is 19.8 Å². The molecule has 0 rings (SSSR count). The van der Waals surface area contributed by atoms with Crippen LogP contribution in [0.1, 0.15) is 26.2 Å². The molecule has 0 spiro atoms. The van der Waals surface area contributed by atoms with E-state index < -0.39 is 24.4 Å². The maximum Gasteiger partial charge on any atom is 0.328 e. The normalized spacial score (nSPS) is 12.4. The van der Waals surface area contributed by atoms with Gasteiger partial charge in [0, 0.05) is 0 Å². The molecule has 0 saturated carbocycles. The molecule has 1 atom stereocenters. The van der Waals surface area contributed by atoms with Crippen LogP contribution in [0, 0.1) is 0 Å². The van der Waals surface area contributed by atoms with Gasteiger partial charge in [0.1, 0.15) is 6.61 Å². The molecule has 0 unspecified atom stereocenters. The van der Waals surface area contributed by atoms with Gasteiger partial charge in [0.2, 0.25) is 0 Å². The number of ketones is 1. The number of hydrogen-bond acceptors (Lipinski definition) is 4. The minimum Gasteiger partial charge on any atom is -0.480 e. The van der Waals surface area contributed by atoms with E-state index in [1.165, 1.54) is 0 Å². The molecule has 0 bridgehead atoms. The minimum absolute atomic E-state index is 0.483. The summed E-state index contributed by atoms with van der Waals surface area (Å²) < 4.78 is 0. The molecule has 0 aliphatic rings. The molecule has 14 heavy (non-hydrogen) atoms. The van der Waals surface area contributed by atoms with E-state index in [-0.39, 0.29) is 0 Å². The highest BCUT2D eigenvalue weighted by Crippen LogP contribution is 1.93. The molecule has 0 amide bonds. The summed E-state index contributed by atoms with van der Waals surface area (Å²) in [5.41, 5.74) is 0. The van der Waals surface area contributed by atoms with Crippen molar-refractivity contribution < 1.29 is 19.8 Å². The van der Waals surface area contributed by atoms with Gasteiger partial charge in [0.15, 0.2) is 11.8 Å². The van der Waals surface area contributed by atoms with Crippen molar-refractivity contribution in [2.24, 2.45) is 0 Å². The molecule has 5 nitrogen and oxygen atoms in total. The predicted molar refractivity (Wildman–Crippen MR) is 51.0 cm³/mol. The van der Waals surface area contributed by atoms with Crippen LogP contribution in [0.5, 0.6) is 0 Å². The molecule has 0 aromatic rings.